The van der Waals surface area contributed by atoms with E-state index in [1.807, 2.05) is 0 Å². The normalized spacial score (nSPS) is 34.3. The summed E-state index contributed by atoms with van der Waals surface area (Å²) in [5, 5.41) is 3.30. The van der Waals surface area contributed by atoms with Crippen molar-refractivity contribution >= 4 is 0 Å². The van der Waals surface area contributed by atoms with Crippen molar-refractivity contribution in [2.45, 2.75) is 13.0 Å². The lowest BCUT2D eigenvalue weighted by atomic mass is 10.4. The van der Waals surface area contributed by atoms with Gasteiger partial charge in [0.25, 0.3) is 0 Å². The number of hydrogen-bond acceptors (Lipinski definition) is 2. The first kappa shape index (κ1) is 5.06. The summed E-state index contributed by atoms with van der Waals surface area (Å²) in [6, 6.07) is 0.699. The summed E-state index contributed by atoms with van der Waals surface area (Å²) in [4.78, 5) is 2.27. The standard InChI is InChI=1S/C5H12N2/c1-5-3-7(2)4-6-5/h5-6H,3-4H2,1-2H3. The second kappa shape index (κ2) is 1.80. The van der Waals surface area contributed by atoms with E-state index in [0.717, 1.165) is 6.67 Å². The van der Waals surface area contributed by atoms with Crippen molar-refractivity contribution in [1.29, 1.82) is 0 Å². The Bertz CT molecular complexity index is 55.1. The summed E-state index contributed by atoms with van der Waals surface area (Å²) >= 11 is 0. The smallest absolute Gasteiger partial charge is 0.0480 e. The van der Waals surface area contributed by atoms with Gasteiger partial charge >= 0.3 is 0 Å². The number of nitrogens with zero attached hydrogens (tertiary/aromatic N) is 1. The van der Waals surface area contributed by atoms with Crippen LogP contribution in [0.2, 0.25) is 0 Å². The van der Waals surface area contributed by atoms with Gasteiger partial charge in [0, 0.05) is 19.3 Å². The summed E-state index contributed by atoms with van der Waals surface area (Å²) in [5.41, 5.74) is 0. The summed E-state index contributed by atoms with van der Waals surface area (Å²) in [6.07, 6.45) is 0. The van der Waals surface area contributed by atoms with E-state index in [0.29, 0.717) is 6.04 Å². The molecule has 0 aromatic heterocycles. The van der Waals surface area contributed by atoms with Crippen LogP contribution in [0.3, 0.4) is 0 Å². The minimum Gasteiger partial charge on any atom is -0.301 e. The first-order valence-corrected chi connectivity index (χ1v) is 2.71. The Balaban J connectivity index is 2.26. The van der Waals surface area contributed by atoms with Gasteiger partial charge in [-0.1, -0.05) is 0 Å². The fourth-order valence-electron chi connectivity index (χ4n) is 0.908. The number of rotatable bonds is 0. The van der Waals surface area contributed by atoms with Gasteiger partial charge in [-0.25, -0.2) is 0 Å². The first-order chi connectivity index (χ1) is 3.29. The van der Waals surface area contributed by atoms with Crippen LogP contribution in [0.1, 0.15) is 6.92 Å². The van der Waals surface area contributed by atoms with Crippen LogP contribution in [0.5, 0.6) is 0 Å². The van der Waals surface area contributed by atoms with E-state index in [9.17, 15) is 0 Å². The highest BCUT2D eigenvalue weighted by Gasteiger charge is 2.11. The third-order valence-electron chi connectivity index (χ3n) is 1.30. The molecule has 0 amide bonds. The highest BCUT2D eigenvalue weighted by atomic mass is 15.3. The second-order valence-corrected chi connectivity index (χ2v) is 2.30. The molecule has 0 spiro atoms. The van der Waals surface area contributed by atoms with Crippen LogP contribution >= 0.6 is 0 Å². The van der Waals surface area contributed by atoms with Crippen molar-refractivity contribution in [2.75, 3.05) is 20.3 Å². The van der Waals surface area contributed by atoms with Gasteiger partial charge < -0.3 is 5.32 Å². The zero-order valence-corrected chi connectivity index (χ0v) is 4.94. The van der Waals surface area contributed by atoms with Crippen LogP contribution in [-0.4, -0.2) is 31.2 Å². The SMILES string of the molecule is CC1CN(C)CN1. The van der Waals surface area contributed by atoms with Gasteiger partial charge in [0.15, 0.2) is 0 Å². The van der Waals surface area contributed by atoms with Gasteiger partial charge in [-0.15, -0.1) is 0 Å². The molecule has 0 saturated carbocycles. The largest absolute Gasteiger partial charge is 0.301 e. The lowest BCUT2D eigenvalue weighted by Gasteiger charge is -2.01. The van der Waals surface area contributed by atoms with Gasteiger partial charge in [0.2, 0.25) is 0 Å². The molecule has 1 aliphatic rings. The van der Waals surface area contributed by atoms with Crippen LogP contribution in [0.15, 0.2) is 0 Å². The summed E-state index contributed by atoms with van der Waals surface area (Å²) in [5.74, 6) is 0. The van der Waals surface area contributed by atoms with Crippen molar-refractivity contribution in [3.05, 3.63) is 0 Å². The maximum atomic E-state index is 3.30. The van der Waals surface area contributed by atoms with Crippen LogP contribution < -0.4 is 5.32 Å². The molecule has 1 aliphatic heterocycles. The van der Waals surface area contributed by atoms with Gasteiger partial charge in [-0.3, -0.25) is 4.90 Å². The van der Waals surface area contributed by atoms with E-state index in [-0.39, 0.29) is 0 Å². The molecule has 1 unspecified atom stereocenters. The maximum absolute atomic E-state index is 3.30. The zero-order valence-electron chi connectivity index (χ0n) is 4.94. The Morgan fingerprint density at radius 2 is 2.43 bits per heavy atom. The van der Waals surface area contributed by atoms with Crippen LogP contribution in [0, 0.1) is 0 Å². The molecule has 1 saturated heterocycles. The Morgan fingerprint density at radius 3 is 2.57 bits per heavy atom. The predicted octanol–water partition coefficient (Wildman–Crippen LogP) is -0.133. The van der Waals surface area contributed by atoms with Gasteiger partial charge in [0.05, 0.1) is 0 Å². The van der Waals surface area contributed by atoms with Crippen LogP contribution in [0.25, 0.3) is 0 Å². The minimum absolute atomic E-state index is 0.699. The molecule has 7 heavy (non-hydrogen) atoms. The molecule has 2 nitrogen and oxygen atoms in total. The molecule has 0 aromatic carbocycles. The monoisotopic (exact) mass is 100 g/mol. The second-order valence-electron chi connectivity index (χ2n) is 2.30. The molecule has 1 fully saturated rings. The number of hydrogen-bond donors (Lipinski definition) is 1. The third kappa shape index (κ3) is 1.14. The molecule has 1 N–H and O–H groups in total. The first-order valence-electron chi connectivity index (χ1n) is 2.71. The topological polar surface area (TPSA) is 15.3 Å². The van der Waals surface area contributed by atoms with Gasteiger partial charge in [0.1, 0.15) is 0 Å². The Kier molecular flexibility index (Phi) is 1.30. The van der Waals surface area contributed by atoms with E-state index in [2.05, 4.69) is 24.2 Å². The Labute approximate surface area is 44.5 Å². The van der Waals surface area contributed by atoms with E-state index in [1.54, 1.807) is 0 Å². The summed E-state index contributed by atoms with van der Waals surface area (Å²) in [6.45, 7) is 4.45. The molecule has 0 aromatic rings. The third-order valence-corrected chi connectivity index (χ3v) is 1.30. The molecule has 2 heteroatoms. The number of nitrogens with one attached hydrogen (secondary N) is 1. The lowest BCUT2D eigenvalue weighted by molar-refractivity contribution is 0.408. The van der Waals surface area contributed by atoms with Gasteiger partial charge in [-0.05, 0) is 14.0 Å². The predicted molar refractivity (Wildman–Crippen MR) is 30.1 cm³/mol. The molecular weight excluding hydrogens is 88.1 g/mol. The van der Waals surface area contributed by atoms with Gasteiger partial charge in [-0.2, -0.15) is 0 Å². The van der Waals surface area contributed by atoms with E-state index in [4.69, 9.17) is 0 Å². The number of likely N-dealkylation sites (N-methyl/N-ethyl adjacent to an activating group) is 1. The lowest BCUT2D eigenvalue weighted by Crippen LogP contribution is -2.18. The molecule has 1 atom stereocenters. The van der Waals surface area contributed by atoms with Crippen LogP contribution in [0.4, 0.5) is 0 Å². The molecule has 0 radical (unpaired) electrons. The summed E-state index contributed by atoms with van der Waals surface area (Å²) in [7, 11) is 2.12. The van der Waals surface area contributed by atoms with Crippen molar-refractivity contribution in [1.82, 2.24) is 10.2 Å². The Morgan fingerprint density at radius 1 is 1.71 bits per heavy atom. The molecular formula is C5H12N2. The molecule has 1 rings (SSSR count). The van der Waals surface area contributed by atoms with Crippen molar-refractivity contribution in [3.63, 3.8) is 0 Å². The fourth-order valence-corrected chi connectivity index (χ4v) is 0.908. The summed E-state index contributed by atoms with van der Waals surface area (Å²) < 4.78 is 0. The Hall–Kier alpha value is -0.0800. The minimum atomic E-state index is 0.699. The molecule has 1 heterocycles. The molecule has 0 aliphatic carbocycles. The van der Waals surface area contributed by atoms with Crippen molar-refractivity contribution < 1.29 is 0 Å². The maximum Gasteiger partial charge on any atom is 0.0480 e. The zero-order chi connectivity index (χ0) is 5.28. The van der Waals surface area contributed by atoms with E-state index < -0.39 is 0 Å². The van der Waals surface area contributed by atoms with Crippen molar-refractivity contribution in [3.8, 4) is 0 Å². The van der Waals surface area contributed by atoms with E-state index in [1.165, 1.54) is 6.54 Å². The highest BCUT2D eigenvalue weighted by molar-refractivity contribution is 4.70. The van der Waals surface area contributed by atoms with E-state index >= 15 is 0 Å². The fraction of sp³-hybridized carbons (Fsp3) is 1.00. The average molecular weight is 100 g/mol. The highest BCUT2D eigenvalue weighted by Crippen LogP contribution is 1.93. The average Bonchev–Trinajstić information content (AvgIpc) is 1.87. The van der Waals surface area contributed by atoms with Crippen LogP contribution in [-0.2, 0) is 0 Å². The molecule has 0 bridgehead atoms. The molecule has 42 valence electrons. The quantitative estimate of drug-likeness (QED) is 0.456. The van der Waals surface area contributed by atoms with Crippen molar-refractivity contribution in [2.24, 2.45) is 0 Å².